The van der Waals surface area contributed by atoms with Gasteiger partial charge in [-0.25, -0.2) is 4.79 Å². The minimum absolute atomic E-state index is 0.412. The van der Waals surface area contributed by atoms with Crippen molar-refractivity contribution in [2.75, 3.05) is 0 Å². The fourth-order valence-corrected chi connectivity index (χ4v) is 3.24. The fraction of sp³-hybridized carbons (Fsp3) is 0.208. The zero-order valence-electron chi connectivity index (χ0n) is 15.5. The maximum atomic E-state index is 11.4. The van der Waals surface area contributed by atoms with Gasteiger partial charge in [-0.15, -0.1) is 0 Å². The van der Waals surface area contributed by atoms with Crippen LogP contribution in [0.4, 0.5) is 0 Å². The van der Waals surface area contributed by atoms with Gasteiger partial charge in [0, 0.05) is 0 Å². The van der Waals surface area contributed by atoms with E-state index in [1.807, 2.05) is 55.5 Å². The smallest absolute Gasteiger partial charge is 0.335 e. The van der Waals surface area contributed by atoms with Crippen LogP contribution in [0.2, 0.25) is 0 Å². The molecule has 3 aromatic carbocycles. The highest BCUT2D eigenvalue weighted by Crippen LogP contribution is 2.20. The summed E-state index contributed by atoms with van der Waals surface area (Å²) >= 11 is 0. The van der Waals surface area contributed by atoms with Crippen LogP contribution >= 0.6 is 0 Å². The van der Waals surface area contributed by atoms with E-state index in [0.717, 1.165) is 41.7 Å². The van der Waals surface area contributed by atoms with Crippen LogP contribution < -0.4 is 4.74 Å². The number of carboxylic acid groups (broad SMARTS) is 1. The molecule has 0 fully saturated rings. The number of aryl methyl sites for hydroxylation is 2. The van der Waals surface area contributed by atoms with E-state index in [2.05, 4.69) is 12.1 Å². The zero-order valence-corrected chi connectivity index (χ0v) is 15.5. The molecule has 3 rings (SSSR count). The molecule has 0 radical (unpaired) electrons. The third-order valence-corrected chi connectivity index (χ3v) is 4.68. The molecule has 0 aromatic heterocycles. The molecular weight excluding hydrogens is 336 g/mol. The second-order valence-corrected chi connectivity index (χ2v) is 6.68. The van der Waals surface area contributed by atoms with Crippen LogP contribution in [-0.4, -0.2) is 11.1 Å². The van der Waals surface area contributed by atoms with Gasteiger partial charge in [0.15, 0.2) is 0 Å². The van der Waals surface area contributed by atoms with Gasteiger partial charge in [-0.3, -0.25) is 0 Å². The van der Waals surface area contributed by atoms with Crippen molar-refractivity contribution in [1.29, 1.82) is 0 Å². The van der Waals surface area contributed by atoms with Crippen molar-refractivity contribution in [1.82, 2.24) is 0 Å². The SMILES string of the molecule is Cc1cccc(C(=O)O)c1CCCc1cccc(OCc2ccccc2)c1. The Kier molecular flexibility index (Phi) is 6.26. The Balaban J connectivity index is 1.58. The van der Waals surface area contributed by atoms with Crippen LogP contribution in [0.15, 0.2) is 72.8 Å². The summed E-state index contributed by atoms with van der Waals surface area (Å²) in [5.41, 5.74) is 4.72. The highest BCUT2D eigenvalue weighted by molar-refractivity contribution is 5.89. The molecule has 0 saturated heterocycles. The Labute approximate surface area is 160 Å². The summed E-state index contributed by atoms with van der Waals surface area (Å²) in [5.74, 6) is 0.00322. The van der Waals surface area contributed by atoms with E-state index >= 15 is 0 Å². The predicted molar refractivity (Wildman–Crippen MR) is 107 cm³/mol. The van der Waals surface area contributed by atoms with E-state index in [0.29, 0.717) is 12.2 Å². The number of ether oxygens (including phenoxy) is 1. The molecule has 0 aliphatic rings. The molecule has 1 N–H and O–H groups in total. The average molecular weight is 360 g/mol. The monoisotopic (exact) mass is 360 g/mol. The first-order valence-corrected chi connectivity index (χ1v) is 9.21. The van der Waals surface area contributed by atoms with Crippen LogP contribution in [0, 0.1) is 6.92 Å². The zero-order chi connectivity index (χ0) is 19.1. The second-order valence-electron chi connectivity index (χ2n) is 6.68. The lowest BCUT2D eigenvalue weighted by atomic mass is 9.96. The van der Waals surface area contributed by atoms with Crippen LogP contribution in [0.5, 0.6) is 5.75 Å². The number of aromatic carboxylic acids is 1. The summed E-state index contributed by atoms with van der Waals surface area (Å²) in [6, 6.07) is 23.7. The first kappa shape index (κ1) is 18.7. The van der Waals surface area contributed by atoms with E-state index in [9.17, 15) is 9.90 Å². The van der Waals surface area contributed by atoms with Crippen molar-refractivity contribution in [3.63, 3.8) is 0 Å². The molecule has 3 aromatic rings. The van der Waals surface area contributed by atoms with Crippen LogP contribution in [-0.2, 0) is 19.4 Å². The Morgan fingerprint density at radius 3 is 2.41 bits per heavy atom. The summed E-state index contributed by atoms with van der Waals surface area (Å²) in [6.45, 7) is 2.52. The van der Waals surface area contributed by atoms with E-state index in [1.165, 1.54) is 5.56 Å². The van der Waals surface area contributed by atoms with Gasteiger partial charge in [0.25, 0.3) is 0 Å². The van der Waals surface area contributed by atoms with Crippen molar-refractivity contribution in [2.24, 2.45) is 0 Å². The predicted octanol–water partition coefficient (Wildman–Crippen LogP) is 5.45. The lowest BCUT2D eigenvalue weighted by molar-refractivity contribution is 0.0695. The summed E-state index contributed by atoms with van der Waals surface area (Å²) in [7, 11) is 0. The highest BCUT2D eigenvalue weighted by Gasteiger charge is 2.11. The molecule has 0 bridgehead atoms. The average Bonchev–Trinajstić information content (AvgIpc) is 2.68. The summed E-state index contributed by atoms with van der Waals surface area (Å²) in [5, 5.41) is 9.38. The second kappa shape index (κ2) is 9.04. The standard InChI is InChI=1S/C24H24O3/c1-18-8-5-15-23(24(25)26)22(18)14-7-12-19-11-6-13-21(16-19)27-17-20-9-3-2-4-10-20/h2-6,8-11,13,15-16H,7,12,14,17H2,1H3,(H,25,26). The summed E-state index contributed by atoms with van der Waals surface area (Å²) < 4.78 is 5.89. The minimum Gasteiger partial charge on any atom is -0.489 e. The normalized spacial score (nSPS) is 10.6. The van der Waals surface area contributed by atoms with Gasteiger partial charge in [-0.2, -0.15) is 0 Å². The molecule has 0 atom stereocenters. The van der Waals surface area contributed by atoms with E-state index in [4.69, 9.17) is 4.74 Å². The number of carboxylic acids is 1. The van der Waals surface area contributed by atoms with Gasteiger partial charge >= 0.3 is 5.97 Å². The first-order chi connectivity index (χ1) is 13.1. The highest BCUT2D eigenvalue weighted by atomic mass is 16.5. The van der Waals surface area contributed by atoms with Gasteiger partial charge in [0.05, 0.1) is 5.56 Å². The third kappa shape index (κ3) is 5.20. The van der Waals surface area contributed by atoms with Crippen molar-refractivity contribution in [3.8, 4) is 5.75 Å². The number of benzene rings is 3. The third-order valence-electron chi connectivity index (χ3n) is 4.68. The van der Waals surface area contributed by atoms with Gasteiger partial charge in [0.1, 0.15) is 12.4 Å². The number of rotatable bonds is 8. The number of carbonyl (C=O) groups is 1. The molecule has 27 heavy (non-hydrogen) atoms. The molecule has 0 aliphatic heterocycles. The number of hydrogen-bond acceptors (Lipinski definition) is 2. The van der Waals surface area contributed by atoms with E-state index in [-0.39, 0.29) is 0 Å². The van der Waals surface area contributed by atoms with Crippen molar-refractivity contribution < 1.29 is 14.6 Å². The molecule has 0 unspecified atom stereocenters. The summed E-state index contributed by atoms with van der Waals surface area (Å²) in [4.78, 5) is 11.4. The Morgan fingerprint density at radius 2 is 1.63 bits per heavy atom. The Morgan fingerprint density at radius 1 is 0.889 bits per heavy atom. The van der Waals surface area contributed by atoms with Gasteiger partial charge < -0.3 is 9.84 Å². The Bertz CT molecular complexity index is 901. The van der Waals surface area contributed by atoms with Gasteiger partial charge in [-0.05, 0) is 66.6 Å². The molecule has 0 amide bonds. The van der Waals surface area contributed by atoms with E-state index in [1.54, 1.807) is 12.1 Å². The molecule has 0 heterocycles. The van der Waals surface area contributed by atoms with Gasteiger partial charge in [-0.1, -0.05) is 54.6 Å². The van der Waals surface area contributed by atoms with Crippen molar-refractivity contribution in [3.05, 3.63) is 101 Å². The molecule has 0 aliphatic carbocycles. The minimum atomic E-state index is -0.856. The number of hydrogen-bond donors (Lipinski definition) is 1. The summed E-state index contributed by atoms with van der Waals surface area (Å²) in [6.07, 6.45) is 2.53. The lowest BCUT2D eigenvalue weighted by Gasteiger charge is -2.11. The van der Waals surface area contributed by atoms with Crippen molar-refractivity contribution in [2.45, 2.75) is 32.8 Å². The Hall–Kier alpha value is -3.07. The maximum Gasteiger partial charge on any atom is 0.335 e. The quantitative estimate of drug-likeness (QED) is 0.581. The van der Waals surface area contributed by atoms with Crippen LogP contribution in [0.25, 0.3) is 0 Å². The van der Waals surface area contributed by atoms with E-state index < -0.39 is 5.97 Å². The molecular formula is C24H24O3. The topological polar surface area (TPSA) is 46.5 Å². The lowest BCUT2D eigenvalue weighted by Crippen LogP contribution is -2.05. The maximum absolute atomic E-state index is 11.4. The largest absolute Gasteiger partial charge is 0.489 e. The fourth-order valence-electron chi connectivity index (χ4n) is 3.24. The first-order valence-electron chi connectivity index (χ1n) is 9.21. The molecule has 138 valence electrons. The van der Waals surface area contributed by atoms with Crippen LogP contribution in [0.3, 0.4) is 0 Å². The molecule has 3 nitrogen and oxygen atoms in total. The van der Waals surface area contributed by atoms with Crippen molar-refractivity contribution >= 4 is 5.97 Å². The molecule has 0 saturated carbocycles. The molecule has 3 heteroatoms. The molecule has 0 spiro atoms. The van der Waals surface area contributed by atoms with Gasteiger partial charge in [0.2, 0.25) is 0 Å². The van der Waals surface area contributed by atoms with Crippen LogP contribution in [0.1, 0.15) is 39.0 Å².